The Morgan fingerprint density at radius 1 is 1.33 bits per heavy atom. The van der Waals surface area contributed by atoms with E-state index >= 15 is 0 Å². The summed E-state index contributed by atoms with van der Waals surface area (Å²) in [6, 6.07) is 0. The first-order valence-corrected chi connectivity index (χ1v) is 3.46. The second kappa shape index (κ2) is 3.26. The van der Waals surface area contributed by atoms with Gasteiger partial charge in [-0.25, -0.2) is 0 Å². The van der Waals surface area contributed by atoms with Crippen molar-refractivity contribution in [3.8, 4) is 0 Å². The molecule has 0 bridgehead atoms. The molecule has 0 unspecified atom stereocenters. The topological polar surface area (TPSA) is 40.5 Å². The number of aliphatic hydroxyl groups is 2. The van der Waals surface area contributed by atoms with Gasteiger partial charge in [0.05, 0.1) is 5.38 Å². The molecule has 0 saturated heterocycles. The Bertz CT molecular complexity index is 81.8. The molecule has 0 aromatic carbocycles. The standard InChI is InChI=1S/C4H7Cl3O2/c1-2(5)4(6,7)3(8)9/h2-3,8-9H,1H3/t2-/m1/s1. The van der Waals surface area contributed by atoms with Crippen molar-refractivity contribution in [2.45, 2.75) is 22.9 Å². The van der Waals surface area contributed by atoms with E-state index in [-0.39, 0.29) is 0 Å². The van der Waals surface area contributed by atoms with Crippen LogP contribution in [0.4, 0.5) is 0 Å². The van der Waals surface area contributed by atoms with Crippen LogP contribution in [0.15, 0.2) is 0 Å². The second-order valence-electron chi connectivity index (χ2n) is 1.66. The Labute approximate surface area is 68.3 Å². The first-order valence-electron chi connectivity index (χ1n) is 2.27. The molecule has 0 spiro atoms. The highest BCUT2D eigenvalue weighted by atomic mass is 35.5. The lowest BCUT2D eigenvalue weighted by atomic mass is 10.3. The van der Waals surface area contributed by atoms with Crippen LogP contribution >= 0.6 is 34.8 Å². The van der Waals surface area contributed by atoms with Gasteiger partial charge in [-0.05, 0) is 6.92 Å². The second-order valence-corrected chi connectivity index (χ2v) is 3.76. The Morgan fingerprint density at radius 3 is 1.67 bits per heavy atom. The molecular formula is C4H7Cl3O2. The Hall–Kier alpha value is 0.790. The first-order chi connectivity index (χ1) is 3.89. The van der Waals surface area contributed by atoms with Gasteiger partial charge in [-0.3, -0.25) is 0 Å². The summed E-state index contributed by atoms with van der Waals surface area (Å²) in [5.74, 6) is 0. The van der Waals surface area contributed by atoms with Crippen molar-refractivity contribution in [2.75, 3.05) is 0 Å². The van der Waals surface area contributed by atoms with Crippen molar-refractivity contribution in [1.29, 1.82) is 0 Å². The molecule has 5 heteroatoms. The number of alkyl halides is 3. The molecule has 0 aromatic heterocycles. The number of hydrogen-bond donors (Lipinski definition) is 2. The third-order valence-corrected chi connectivity index (χ3v) is 2.49. The molecular weight excluding hydrogens is 186 g/mol. The van der Waals surface area contributed by atoms with E-state index in [1.165, 1.54) is 6.92 Å². The van der Waals surface area contributed by atoms with Crippen LogP contribution in [-0.2, 0) is 0 Å². The van der Waals surface area contributed by atoms with E-state index < -0.39 is 16.0 Å². The zero-order chi connectivity index (χ0) is 7.65. The van der Waals surface area contributed by atoms with Gasteiger partial charge in [0.1, 0.15) is 0 Å². The summed E-state index contributed by atoms with van der Waals surface area (Å²) in [4.78, 5) is 0. The van der Waals surface area contributed by atoms with E-state index in [1.807, 2.05) is 0 Å². The Balaban J connectivity index is 4.01. The number of rotatable bonds is 2. The highest BCUT2D eigenvalue weighted by Crippen LogP contribution is 2.31. The van der Waals surface area contributed by atoms with Gasteiger partial charge in [-0.2, -0.15) is 0 Å². The summed E-state index contributed by atoms with van der Waals surface area (Å²) in [5.41, 5.74) is 0. The lowest BCUT2D eigenvalue weighted by Gasteiger charge is -2.23. The van der Waals surface area contributed by atoms with Crippen LogP contribution in [0.1, 0.15) is 6.92 Å². The summed E-state index contributed by atoms with van der Waals surface area (Å²) in [6.07, 6.45) is -1.81. The van der Waals surface area contributed by atoms with E-state index in [4.69, 9.17) is 45.0 Å². The van der Waals surface area contributed by atoms with Gasteiger partial charge in [0.2, 0.25) is 0 Å². The fourth-order valence-corrected chi connectivity index (χ4v) is 0.318. The van der Waals surface area contributed by atoms with E-state index in [1.54, 1.807) is 0 Å². The zero-order valence-corrected chi connectivity index (χ0v) is 6.95. The van der Waals surface area contributed by atoms with Crippen LogP contribution in [0.2, 0.25) is 0 Å². The Morgan fingerprint density at radius 2 is 1.67 bits per heavy atom. The predicted octanol–water partition coefficient (Wildman–Crippen LogP) is 1.10. The zero-order valence-electron chi connectivity index (χ0n) is 4.68. The fourth-order valence-electron chi connectivity index (χ4n) is 0.205. The molecule has 0 radical (unpaired) electrons. The normalized spacial score (nSPS) is 16.3. The summed E-state index contributed by atoms with van der Waals surface area (Å²) in [7, 11) is 0. The maximum absolute atomic E-state index is 8.46. The highest BCUT2D eigenvalue weighted by molar-refractivity contribution is 6.52. The summed E-state index contributed by atoms with van der Waals surface area (Å²) in [5, 5.41) is 16.2. The van der Waals surface area contributed by atoms with Crippen LogP contribution < -0.4 is 0 Å². The fraction of sp³-hybridized carbons (Fsp3) is 1.00. The molecule has 0 aliphatic carbocycles. The summed E-state index contributed by atoms with van der Waals surface area (Å²) in [6.45, 7) is 1.47. The lowest BCUT2D eigenvalue weighted by Crippen LogP contribution is -2.37. The molecule has 0 aliphatic heterocycles. The van der Waals surface area contributed by atoms with Crippen molar-refractivity contribution in [3.63, 3.8) is 0 Å². The van der Waals surface area contributed by atoms with Gasteiger partial charge in [0.25, 0.3) is 0 Å². The molecule has 0 rings (SSSR count). The van der Waals surface area contributed by atoms with E-state index in [0.29, 0.717) is 0 Å². The molecule has 0 heterocycles. The molecule has 2 N–H and O–H groups in total. The van der Waals surface area contributed by atoms with Crippen LogP contribution in [0.5, 0.6) is 0 Å². The molecule has 0 amide bonds. The number of hydrogen-bond acceptors (Lipinski definition) is 2. The third kappa shape index (κ3) is 2.48. The first kappa shape index (κ1) is 9.79. The van der Waals surface area contributed by atoms with E-state index in [0.717, 1.165) is 0 Å². The third-order valence-electron chi connectivity index (χ3n) is 0.875. The van der Waals surface area contributed by atoms with Crippen molar-refractivity contribution >= 4 is 34.8 Å². The lowest BCUT2D eigenvalue weighted by molar-refractivity contribution is -0.0514. The SMILES string of the molecule is C[C@@H](Cl)C(Cl)(Cl)C(O)O. The van der Waals surface area contributed by atoms with Crippen molar-refractivity contribution in [3.05, 3.63) is 0 Å². The van der Waals surface area contributed by atoms with Gasteiger partial charge >= 0.3 is 0 Å². The monoisotopic (exact) mass is 192 g/mol. The van der Waals surface area contributed by atoms with Gasteiger partial charge in [-0.1, -0.05) is 23.2 Å². The van der Waals surface area contributed by atoms with E-state index in [9.17, 15) is 0 Å². The van der Waals surface area contributed by atoms with Gasteiger partial charge in [-0.15, -0.1) is 11.6 Å². The molecule has 56 valence electrons. The quantitative estimate of drug-likeness (QED) is 0.509. The van der Waals surface area contributed by atoms with Gasteiger partial charge in [0.15, 0.2) is 10.6 Å². The van der Waals surface area contributed by atoms with Gasteiger partial charge in [0, 0.05) is 0 Å². The molecule has 0 saturated carbocycles. The largest absolute Gasteiger partial charge is 0.366 e. The average molecular weight is 193 g/mol. The molecule has 0 aromatic rings. The summed E-state index contributed by atoms with van der Waals surface area (Å²) >= 11 is 16.1. The predicted molar refractivity (Wildman–Crippen MR) is 38.0 cm³/mol. The van der Waals surface area contributed by atoms with Crippen LogP contribution in [0.3, 0.4) is 0 Å². The smallest absolute Gasteiger partial charge is 0.186 e. The maximum Gasteiger partial charge on any atom is 0.186 e. The van der Waals surface area contributed by atoms with Crippen molar-refractivity contribution in [1.82, 2.24) is 0 Å². The molecule has 1 atom stereocenters. The van der Waals surface area contributed by atoms with Gasteiger partial charge < -0.3 is 10.2 Å². The number of halogens is 3. The molecule has 2 nitrogen and oxygen atoms in total. The average Bonchev–Trinajstić information content (AvgIpc) is 1.65. The van der Waals surface area contributed by atoms with E-state index in [2.05, 4.69) is 0 Å². The molecule has 0 aliphatic rings. The van der Waals surface area contributed by atoms with Crippen LogP contribution in [0.25, 0.3) is 0 Å². The van der Waals surface area contributed by atoms with Crippen molar-refractivity contribution in [2.24, 2.45) is 0 Å². The maximum atomic E-state index is 8.46. The minimum Gasteiger partial charge on any atom is -0.366 e. The van der Waals surface area contributed by atoms with Crippen molar-refractivity contribution < 1.29 is 10.2 Å². The minimum absolute atomic E-state index is 0.708. The Kier molecular flexibility index (Phi) is 3.55. The minimum atomic E-state index is -1.81. The summed E-state index contributed by atoms with van der Waals surface area (Å²) < 4.78 is -1.68. The highest BCUT2D eigenvalue weighted by Gasteiger charge is 2.37. The molecule has 9 heavy (non-hydrogen) atoms. The van der Waals surface area contributed by atoms with Crippen LogP contribution in [-0.4, -0.2) is 26.2 Å². The van der Waals surface area contributed by atoms with Crippen LogP contribution in [0, 0.1) is 0 Å². The molecule has 0 fully saturated rings. The number of aliphatic hydroxyl groups excluding tert-OH is 1.